The smallest absolute Gasteiger partial charge is 0.203 e. The molecule has 1 unspecified atom stereocenters. The second-order valence-electron chi connectivity index (χ2n) is 4.56. The van der Waals surface area contributed by atoms with Crippen molar-refractivity contribution in [1.82, 2.24) is 0 Å². The maximum atomic E-state index is 5.88. The number of nitrogens with zero attached hydrogens (tertiary/aromatic N) is 1. The van der Waals surface area contributed by atoms with Crippen molar-refractivity contribution >= 4 is 5.69 Å². The van der Waals surface area contributed by atoms with E-state index in [-0.39, 0.29) is 6.04 Å². The Morgan fingerprint density at radius 2 is 1.94 bits per heavy atom. The van der Waals surface area contributed by atoms with Crippen molar-refractivity contribution in [3.8, 4) is 0 Å². The Kier molecular flexibility index (Phi) is 3.38. The minimum absolute atomic E-state index is 0.0610. The van der Waals surface area contributed by atoms with Crippen LogP contribution in [0.4, 0.5) is 5.69 Å². The van der Waals surface area contributed by atoms with Gasteiger partial charge in [0.1, 0.15) is 0 Å². The summed E-state index contributed by atoms with van der Waals surface area (Å²) in [6.07, 6.45) is 0. The molecule has 1 atom stereocenters. The van der Waals surface area contributed by atoms with Crippen molar-refractivity contribution < 1.29 is 9.47 Å². The quantitative estimate of drug-likeness (QED) is 0.805. The van der Waals surface area contributed by atoms with Crippen LogP contribution in [0.5, 0.6) is 0 Å². The molecule has 1 aliphatic heterocycles. The van der Waals surface area contributed by atoms with Crippen LogP contribution in [0.1, 0.15) is 18.5 Å². The van der Waals surface area contributed by atoms with E-state index in [4.69, 9.17) is 15.2 Å². The zero-order valence-electron chi connectivity index (χ0n) is 10.6. The summed E-state index contributed by atoms with van der Waals surface area (Å²) in [4.78, 5) is 2.22. The lowest BCUT2D eigenvalue weighted by Gasteiger charge is -2.48. The number of methoxy groups -OCH3 is 2. The number of rotatable bonds is 4. The highest BCUT2D eigenvalue weighted by Gasteiger charge is 2.43. The Bertz CT molecular complexity index is 381. The molecule has 0 saturated carbocycles. The van der Waals surface area contributed by atoms with E-state index in [2.05, 4.69) is 17.0 Å². The van der Waals surface area contributed by atoms with Crippen molar-refractivity contribution in [3.63, 3.8) is 0 Å². The predicted octanol–water partition coefficient (Wildman–Crippen LogP) is 1.52. The van der Waals surface area contributed by atoms with Crippen LogP contribution in [-0.2, 0) is 9.47 Å². The maximum Gasteiger partial charge on any atom is 0.203 e. The average Bonchev–Trinajstić information content (AvgIpc) is 2.29. The molecule has 2 N–H and O–H groups in total. The minimum Gasteiger partial charge on any atom is -0.361 e. The van der Waals surface area contributed by atoms with Gasteiger partial charge < -0.3 is 20.1 Å². The molecule has 0 aliphatic carbocycles. The lowest BCUT2D eigenvalue weighted by atomic mass is 10.0. The van der Waals surface area contributed by atoms with E-state index in [0.29, 0.717) is 0 Å². The third kappa shape index (κ3) is 2.29. The molecule has 0 spiro atoms. The fourth-order valence-corrected chi connectivity index (χ4v) is 2.06. The topological polar surface area (TPSA) is 47.7 Å². The average molecular weight is 236 g/mol. The molecule has 1 saturated heterocycles. The van der Waals surface area contributed by atoms with Crippen LogP contribution in [0.3, 0.4) is 0 Å². The third-order valence-electron chi connectivity index (χ3n) is 3.37. The van der Waals surface area contributed by atoms with Crippen molar-refractivity contribution in [2.45, 2.75) is 18.8 Å². The van der Waals surface area contributed by atoms with Gasteiger partial charge in [-0.25, -0.2) is 0 Å². The molecule has 0 aromatic heterocycles. The number of ether oxygens (including phenoxy) is 2. The summed E-state index contributed by atoms with van der Waals surface area (Å²) in [5.74, 6) is -0.440. The van der Waals surface area contributed by atoms with Gasteiger partial charge in [-0.05, 0) is 24.6 Å². The molecule has 0 bridgehead atoms. The Labute approximate surface area is 102 Å². The van der Waals surface area contributed by atoms with E-state index >= 15 is 0 Å². The largest absolute Gasteiger partial charge is 0.361 e. The fraction of sp³-hybridized carbons (Fsp3) is 0.538. The molecule has 1 aromatic carbocycles. The van der Waals surface area contributed by atoms with Crippen molar-refractivity contribution in [3.05, 3.63) is 29.8 Å². The first-order valence-electron chi connectivity index (χ1n) is 5.81. The van der Waals surface area contributed by atoms with Crippen LogP contribution in [0, 0.1) is 0 Å². The molecule has 0 radical (unpaired) electrons. The first kappa shape index (κ1) is 12.4. The van der Waals surface area contributed by atoms with E-state index in [1.807, 2.05) is 19.1 Å². The lowest BCUT2D eigenvalue weighted by Crippen LogP contribution is -2.64. The molecule has 1 aromatic rings. The van der Waals surface area contributed by atoms with Crippen molar-refractivity contribution in [2.24, 2.45) is 5.73 Å². The van der Waals surface area contributed by atoms with E-state index in [9.17, 15) is 0 Å². The molecule has 4 heteroatoms. The van der Waals surface area contributed by atoms with Crippen molar-refractivity contribution in [2.75, 3.05) is 32.2 Å². The van der Waals surface area contributed by atoms with Crippen LogP contribution in [0.25, 0.3) is 0 Å². The molecule has 0 amide bonds. The van der Waals surface area contributed by atoms with Gasteiger partial charge in [-0.3, -0.25) is 0 Å². The first-order chi connectivity index (χ1) is 8.10. The Balaban J connectivity index is 2.08. The lowest BCUT2D eigenvalue weighted by molar-refractivity contribution is -0.219. The van der Waals surface area contributed by atoms with Gasteiger partial charge in [0.25, 0.3) is 0 Å². The SMILES string of the molecule is COC1(OC)CN(c2cccc(C(C)N)c2)C1. The second-order valence-corrected chi connectivity index (χ2v) is 4.56. The molecule has 94 valence electrons. The second kappa shape index (κ2) is 4.64. The number of hydrogen-bond acceptors (Lipinski definition) is 4. The zero-order valence-corrected chi connectivity index (χ0v) is 10.6. The van der Waals surface area contributed by atoms with Crippen LogP contribution in [0.15, 0.2) is 24.3 Å². The molecular weight excluding hydrogens is 216 g/mol. The summed E-state index contributed by atoms with van der Waals surface area (Å²) in [5, 5.41) is 0. The van der Waals surface area contributed by atoms with Crippen LogP contribution < -0.4 is 10.6 Å². The third-order valence-corrected chi connectivity index (χ3v) is 3.37. The van der Waals surface area contributed by atoms with E-state index < -0.39 is 5.79 Å². The summed E-state index contributed by atoms with van der Waals surface area (Å²) in [6, 6.07) is 8.36. The van der Waals surface area contributed by atoms with Gasteiger partial charge in [-0.15, -0.1) is 0 Å². The Hall–Kier alpha value is -1.10. The maximum absolute atomic E-state index is 5.88. The molecular formula is C13H20N2O2. The zero-order chi connectivity index (χ0) is 12.5. The summed E-state index contributed by atoms with van der Waals surface area (Å²) in [6.45, 7) is 3.49. The summed E-state index contributed by atoms with van der Waals surface area (Å²) >= 11 is 0. The summed E-state index contributed by atoms with van der Waals surface area (Å²) in [7, 11) is 3.36. The molecule has 4 nitrogen and oxygen atoms in total. The van der Waals surface area contributed by atoms with Crippen LogP contribution in [0.2, 0.25) is 0 Å². The van der Waals surface area contributed by atoms with E-state index in [1.165, 1.54) is 5.69 Å². The van der Waals surface area contributed by atoms with Crippen LogP contribution >= 0.6 is 0 Å². The molecule has 1 aliphatic rings. The van der Waals surface area contributed by atoms with E-state index in [1.54, 1.807) is 14.2 Å². The summed E-state index contributed by atoms with van der Waals surface area (Å²) in [5.41, 5.74) is 8.20. The monoisotopic (exact) mass is 236 g/mol. The molecule has 17 heavy (non-hydrogen) atoms. The summed E-state index contributed by atoms with van der Waals surface area (Å²) < 4.78 is 10.7. The van der Waals surface area contributed by atoms with Gasteiger partial charge in [-0.2, -0.15) is 0 Å². The standard InChI is InChI=1S/C13H20N2O2/c1-10(14)11-5-4-6-12(7-11)15-8-13(9-15,16-2)17-3/h4-7,10H,8-9,14H2,1-3H3. The minimum atomic E-state index is -0.440. The van der Waals surface area contributed by atoms with Gasteiger partial charge in [0.15, 0.2) is 0 Å². The number of benzene rings is 1. The normalized spacial score (nSPS) is 19.9. The Morgan fingerprint density at radius 1 is 1.29 bits per heavy atom. The van der Waals surface area contributed by atoms with Gasteiger partial charge >= 0.3 is 0 Å². The van der Waals surface area contributed by atoms with Crippen LogP contribution in [-0.4, -0.2) is 33.1 Å². The highest BCUT2D eigenvalue weighted by Crippen LogP contribution is 2.31. The van der Waals surface area contributed by atoms with Gasteiger partial charge in [0.05, 0.1) is 13.1 Å². The molecule has 1 heterocycles. The van der Waals surface area contributed by atoms with Gasteiger partial charge in [-0.1, -0.05) is 12.1 Å². The van der Waals surface area contributed by atoms with Gasteiger partial charge in [0, 0.05) is 25.9 Å². The van der Waals surface area contributed by atoms with Gasteiger partial charge in [0.2, 0.25) is 5.79 Å². The molecule has 1 fully saturated rings. The van der Waals surface area contributed by atoms with E-state index in [0.717, 1.165) is 18.7 Å². The van der Waals surface area contributed by atoms with Crippen molar-refractivity contribution in [1.29, 1.82) is 0 Å². The highest BCUT2D eigenvalue weighted by molar-refractivity contribution is 5.52. The fourth-order valence-electron chi connectivity index (χ4n) is 2.06. The number of anilines is 1. The molecule has 2 rings (SSSR count). The first-order valence-corrected chi connectivity index (χ1v) is 5.81. The Morgan fingerprint density at radius 3 is 2.47 bits per heavy atom. The predicted molar refractivity (Wildman–Crippen MR) is 68.0 cm³/mol. The highest BCUT2D eigenvalue weighted by atomic mass is 16.7. The number of hydrogen-bond donors (Lipinski definition) is 1. The number of nitrogens with two attached hydrogens (primary N) is 1.